The number of hydrogen-bond donors (Lipinski definition) is 1. The lowest BCUT2D eigenvalue weighted by Crippen LogP contribution is -2.36. The number of ether oxygens (including phenoxy) is 1. The van der Waals surface area contributed by atoms with Crippen LogP contribution in [0.5, 0.6) is 0 Å². The number of pyridine rings is 1. The third-order valence-corrected chi connectivity index (χ3v) is 4.52. The minimum absolute atomic E-state index is 0.369. The van der Waals surface area contributed by atoms with E-state index in [0.29, 0.717) is 11.9 Å². The quantitative estimate of drug-likeness (QED) is 0.921. The van der Waals surface area contributed by atoms with E-state index in [0.717, 1.165) is 39.1 Å². The molecule has 4 heteroatoms. The van der Waals surface area contributed by atoms with E-state index in [1.165, 1.54) is 16.7 Å². The van der Waals surface area contributed by atoms with E-state index >= 15 is 0 Å². The summed E-state index contributed by atoms with van der Waals surface area (Å²) in [4.78, 5) is 6.51. The first-order valence-corrected chi connectivity index (χ1v) is 8.29. The Balaban J connectivity index is 1.44. The van der Waals surface area contributed by atoms with Crippen molar-refractivity contribution in [1.82, 2.24) is 9.88 Å². The van der Waals surface area contributed by atoms with Crippen LogP contribution in [0.15, 0.2) is 42.6 Å². The fourth-order valence-corrected chi connectivity index (χ4v) is 3.06. The Morgan fingerprint density at radius 1 is 1.22 bits per heavy atom. The fourth-order valence-electron chi connectivity index (χ4n) is 3.06. The molecule has 0 unspecified atom stereocenters. The summed E-state index contributed by atoms with van der Waals surface area (Å²) in [5.74, 6) is 0.596. The maximum atomic E-state index is 6.11. The molecular formula is C19H25N3O. The maximum Gasteiger partial charge on any atom is 0.123 e. The molecule has 3 rings (SSSR count). The van der Waals surface area contributed by atoms with Gasteiger partial charge in [-0.3, -0.25) is 4.90 Å². The predicted octanol–water partition coefficient (Wildman–Crippen LogP) is 3.15. The molecule has 122 valence electrons. The second-order valence-corrected chi connectivity index (χ2v) is 6.30. The molecule has 1 aliphatic rings. The van der Waals surface area contributed by atoms with E-state index < -0.39 is 0 Å². The molecule has 0 bridgehead atoms. The van der Waals surface area contributed by atoms with Gasteiger partial charge in [0.05, 0.1) is 12.7 Å². The van der Waals surface area contributed by atoms with Crippen LogP contribution < -0.4 is 5.73 Å². The number of aryl methyl sites for hydroxylation is 1. The Labute approximate surface area is 138 Å². The van der Waals surface area contributed by atoms with Gasteiger partial charge in [0.15, 0.2) is 0 Å². The van der Waals surface area contributed by atoms with Crippen LogP contribution in [-0.4, -0.2) is 29.1 Å². The molecule has 0 aliphatic carbocycles. The molecule has 1 fully saturated rings. The SMILES string of the molecule is Cc1ccccc1COC1CCN(Cc2ccnc(N)c2)CC1. The molecule has 23 heavy (non-hydrogen) atoms. The molecule has 0 saturated carbocycles. The van der Waals surface area contributed by atoms with Gasteiger partial charge in [-0.25, -0.2) is 4.98 Å². The largest absolute Gasteiger partial charge is 0.384 e. The third-order valence-electron chi connectivity index (χ3n) is 4.52. The van der Waals surface area contributed by atoms with Crippen molar-refractivity contribution in [2.75, 3.05) is 18.8 Å². The Morgan fingerprint density at radius 2 is 2.00 bits per heavy atom. The van der Waals surface area contributed by atoms with E-state index in [-0.39, 0.29) is 0 Å². The summed E-state index contributed by atoms with van der Waals surface area (Å²) in [6.07, 6.45) is 4.33. The molecule has 0 amide bonds. The zero-order chi connectivity index (χ0) is 16.1. The van der Waals surface area contributed by atoms with Crippen LogP contribution in [0.1, 0.15) is 29.5 Å². The van der Waals surface area contributed by atoms with Crippen molar-refractivity contribution in [2.24, 2.45) is 0 Å². The van der Waals surface area contributed by atoms with Gasteiger partial charge in [0.25, 0.3) is 0 Å². The van der Waals surface area contributed by atoms with Gasteiger partial charge in [0.2, 0.25) is 0 Å². The summed E-state index contributed by atoms with van der Waals surface area (Å²) in [7, 11) is 0. The molecule has 2 N–H and O–H groups in total. The second kappa shape index (κ2) is 7.57. The van der Waals surface area contributed by atoms with Crippen molar-refractivity contribution in [3.8, 4) is 0 Å². The van der Waals surface area contributed by atoms with E-state index in [1.807, 2.05) is 12.1 Å². The normalized spacial score (nSPS) is 16.6. The van der Waals surface area contributed by atoms with Crippen LogP contribution in [0.3, 0.4) is 0 Å². The fraction of sp³-hybridized carbons (Fsp3) is 0.421. The average Bonchev–Trinajstić information content (AvgIpc) is 2.56. The topological polar surface area (TPSA) is 51.4 Å². The van der Waals surface area contributed by atoms with Crippen molar-refractivity contribution in [1.29, 1.82) is 0 Å². The summed E-state index contributed by atoms with van der Waals surface area (Å²) in [6, 6.07) is 12.4. The van der Waals surface area contributed by atoms with Gasteiger partial charge in [0, 0.05) is 25.8 Å². The monoisotopic (exact) mass is 311 g/mol. The molecule has 4 nitrogen and oxygen atoms in total. The number of hydrogen-bond acceptors (Lipinski definition) is 4. The Hall–Kier alpha value is -1.91. The van der Waals surface area contributed by atoms with Gasteiger partial charge in [-0.2, -0.15) is 0 Å². The van der Waals surface area contributed by atoms with Crippen molar-refractivity contribution < 1.29 is 4.74 Å². The minimum atomic E-state index is 0.369. The highest BCUT2D eigenvalue weighted by molar-refractivity contribution is 5.31. The highest BCUT2D eigenvalue weighted by Crippen LogP contribution is 2.19. The van der Waals surface area contributed by atoms with Crippen LogP contribution in [0.4, 0.5) is 5.82 Å². The standard InChI is InChI=1S/C19H25N3O/c1-15-4-2-3-5-17(15)14-23-18-7-10-22(11-8-18)13-16-6-9-21-19(20)12-16/h2-6,9,12,18H,7-8,10-11,13-14H2,1H3,(H2,20,21). The number of piperidine rings is 1. The lowest BCUT2D eigenvalue weighted by atomic mass is 10.1. The molecule has 0 atom stereocenters. The Kier molecular flexibility index (Phi) is 5.26. The molecule has 0 radical (unpaired) electrons. The molecule has 0 spiro atoms. The summed E-state index contributed by atoms with van der Waals surface area (Å²) < 4.78 is 6.11. The van der Waals surface area contributed by atoms with Gasteiger partial charge in [0.1, 0.15) is 5.82 Å². The molecule has 2 heterocycles. The maximum absolute atomic E-state index is 6.11. The van der Waals surface area contributed by atoms with Crippen LogP contribution >= 0.6 is 0 Å². The molecule has 1 aromatic heterocycles. The van der Waals surface area contributed by atoms with Crippen molar-refractivity contribution in [2.45, 2.75) is 39.0 Å². The Morgan fingerprint density at radius 3 is 2.74 bits per heavy atom. The third kappa shape index (κ3) is 4.53. The van der Waals surface area contributed by atoms with Crippen molar-refractivity contribution >= 4 is 5.82 Å². The summed E-state index contributed by atoms with van der Waals surface area (Å²) in [6.45, 7) is 5.94. The predicted molar refractivity (Wildman–Crippen MR) is 92.9 cm³/mol. The highest BCUT2D eigenvalue weighted by Gasteiger charge is 2.20. The lowest BCUT2D eigenvalue weighted by Gasteiger charge is -2.32. The van der Waals surface area contributed by atoms with E-state index in [9.17, 15) is 0 Å². The highest BCUT2D eigenvalue weighted by atomic mass is 16.5. The summed E-state index contributed by atoms with van der Waals surface area (Å²) >= 11 is 0. The number of nitrogens with two attached hydrogens (primary N) is 1. The van der Waals surface area contributed by atoms with Crippen LogP contribution in [-0.2, 0) is 17.9 Å². The first-order chi connectivity index (χ1) is 11.2. The zero-order valence-corrected chi connectivity index (χ0v) is 13.7. The minimum Gasteiger partial charge on any atom is -0.384 e. The number of nitrogen functional groups attached to an aromatic ring is 1. The summed E-state index contributed by atoms with van der Waals surface area (Å²) in [5.41, 5.74) is 9.58. The van der Waals surface area contributed by atoms with Crippen molar-refractivity contribution in [3.05, 3.63) is 59.3 Å². The Bertz CT molecular complexity index is 636. The number of anilines is 1. The summed E-state index contributed by atoms with van der Waals surface area (Å²) in [5, 5.41) is 0. The van der Waals surface area contributed by atoms with Gasteiger partial charge in [-0.05, 0) is 48.6 Å². The van der Waals surface area contributed by atoms with E-state index in [2.05, 4.69) is 41.1 Å². The number of likely N-dealkylation sites (tertiary alicyclic amines) is 1. The van der Waals surface area contributed by atoms with Gasteiger partial charge in [-0.15, -0.1) is 0 Å². The molecule has 1 aliphatic heterocycles. The second-order valence-electron chi connectivity index (χ2n) is 6.30. The number of benzene rings is 1. The first-order valence-electron chi connectivity index (χ1n) is 8.29. The van der Waals surface area contributed by atoms with Gasteiger partial charge < -0.3 is 10.5 Å². The lowest BCUT2D eigenvalue weighted by molar-refractivity contribution is -0.00411. The zero-order valence-electron chi connectivity index (χ0n) is 13.7. The van der Waals surface area contributed by atoms with E-state index in [1.54, 1.807) is 6.20 Å². The molecular weight excluding hydrogens is 286 g/mol. The van der Waals surface area contributed by atoms with Crippen molar-refractivity contribution in [3.63, 3.8) is 0 Å². The van der Waals surface area contributed by atoms with Crippen LogP contribution in [0.25, 0.3) is 0 Å². The molecule has 1 aromatic carbocycles. The van der Waals surface area contributed by atoms with Crippen LogP contribution in [0, 0.1) is 6.92 Å². The number of aromatic nitrogens is 1. The van der Waals surface area contributed by atoms with Crippen LogP contribution in [0.2, 0.25) is 0 Å². The van der Waals surface area contributed by atoms with Gasteiger partial charge >= 0.3 is 0 Å². The molecule has 2 aromatic rings. The van der Waals surface area contributed by atoms with E-state index in [4.69, 9.17) is 10.5 Å². The smallest absolute Gasteiger partial charge is 0.123 e. The molecule has 1 saturated heterocycles. The number of nitrogens with zero attached hydrogens (tertiary/aromatic N) is 2. The average molecular weight is 311 g/mol. The number of rotatable bonds is 5. The van der Waals surface area contributed by atoms with Gasteiger partial charge in [-0.1, -0.05) is 24.3 Å². The first kappa shape index (κ1) is 16.0.